The molecule has 20 heavy (non-hydrogen) atoms. The monoisotopic (exact) mass is 287 g/mol. The van der Waals surface area contributed by atoms with Crippen molar-refractivity contribution in [2.45, 2.75) is 0 Å². The molecule has 3 rings (SSSR count). The Morgan fingerprint density at radius 2 is 1.85 bits per heavy atom. The van der Waals surface area contributed by atoms with E-state index in [1.54, 1.807) is 36.4 Å². The van der Waals surface area contributed by atoms with Crippen LogP contribution in [0.15, 0.2) is 52.2 Å². The molecule has 2 aromatic heterocycles. The summed E-state index contributed by atoms with van der Waals surface area (Å²) in [5.74, 6) is 0. The molecule has 2 heterocycles. The summed E-state index contributed by atoms with van der Waals surface area (Å²) in [5, 5.41) is 0.787. The second-order valence-corrected chi connectivity index (χ2v) is 4.72. The van der Waals surface area contributed by atoms with Gasteiger partial charge >= 0.3 is 5.69 Å². The first kappa shape index (κ1) is 12.6. The van der Waals surface area contributed by atoms with Gasteiger partial charge in [0.15, 0.2) is 5.65 Å². The van der Waals surface area contributed by atoms with Crippen molar-refractivity contribution in [1.29, 1.82) is 0 Å². The molecule has 3 aromatic rings. The largest absolute Gasteiger partial charge is 0.337 e. The maximum atomic E-state index is 12.4. The lowest BCUT2D eigenvalue weighted by molar-refractivity contribution is 0.748. The number of aromatic nitrogens is 3. The van der Waals surface area contributed by atoms with Crippen LogP contribution in [0.3, 0.4) is 0 Å². The van der Waals surface area contributed by atoms with E-state index in [0.717, 1.165) is 4.57 Å². The molecule has 0 saturated carbocycles. The molecule has 1 aromatic carbocycles. The summed E-state index contributed by atoms with van der Waals surface area (Å²) in [7, 11) is 1.43. The molecule has 100 valence electrons. The number of pyridine rings is 1. The van der Waals surface area contributed by atoms with Crippen molar-refractivity contribution in [3.63, 3.8) is 0 Å². The maximum Gasteiger partial charge on any atom is 0.337 e. The van der Waals surface area contributed by atoms with E-state index in [9.17, 15) is 9.59 Å². The number of hydrogen-bond donors (Lipinski definition) is 0. The summed E-state index contributed by atoms with van der Waals surface area (Å²) in [5.41, 5.74) is -0.0529. The Morgan fingerprint density at radius 3 is 2.60 bits per heavy atom. The van der Waals surface area contributed by atoms with E-state index in [1.165, 1.54) is 17.8 Å². The van der Waals surface area contributed by atoms with Gasteiger partial charge in [-0.15, -0.1) is 0 Å². The molecular weight excluding hydrogens is 278 g/mol. The lowest BCUT2D eigenvalue weighted by atomic mass is 10.3. The Kier molecular flexibility index (Phi) is 2.91. The maximum absolute atomic E-state index is 12.4. The van der Waals surface area contributed by atoms with Crippen LogP contribution in [0.5, 0.6) is 0 Å². The molecule has 0 fully saturated rings. The molecule has 0 spiro atoms. The fraction of sp³-hybridized carbons (Fsp3) is 0.0714. The van der Waals surface area contributed by atoms with Crippen LogP contribution in [-0.4, -0.2) is 14.1 Å². The van der Waals surface area contributed by atoms with Gasteiger partial charge in [-0.3, -0.25) is 9.36 Å². The number of fused-ring (bicyclic) bond motifs is 1. The topological polar surface area (TPSA) is 56.9 Å². The quantitative estimate of drug-likeness (QED) is 0.685. The number of hydrogen-bond acceptors (Lipinski definition) is 3. The Labute approximate surface area is 118 Å². The highest BCUT2D eigenvalue weighted by atomic mass is 35.5. The average molecular weight is 288 g/mol. The Morgan fingerprint density at radius 1 is 1.10 bits per heavy atom. The zero-order chi connectivity index (χ0) is 14.3. The predicted octanol–water partition coefficient (Wildman–Crippen LogP) is 1.74. The van der Waals surface area contributed by atoms with Gasteiger partial charge in [0.25, 0.3) is 5.56 Å². The minimum absolute atomic E-state index is 0.300. The highest BCUT2D eigenvalue weighted by molar-refractivity contribution is 6.32. The fourth-order valence-electron chi connectivity index (χ4n) is 2.10. The average Bonchev–Trinajstić information content (AvgIpc) is 2.47. The van der Waals surface area contributed by atoms with E-state index in [2.05, 4.69) is 4.98 Å². The summed E-state index contributed by atoms with van der Waals surface area (Å²) in [4.78, 5) is 28.6. The van der Waals surface area contributed by atoms with Crippen LogP contribution in [0.1, 0.15) is 0 Å². The molecule has 0 unspecified atom stereocenters. The van der Waals surface area contributed by atoms with Crippen LogP contribution in [0, 0.1) is 0 Å². The number of para-hydroxylation sites is 1. The van der Waals surface area contributed by atoms with Crippen LogP contribution in [-0.2, 0) is 7.05 Å². The van der Waals surface area contributed by atoms with Gasteiger partial charge in [-0.2, -0.15) is 0 Å². The molecule has 0 aliphatic rings. The first-order valence-electron chi connectivity index (χ1n) is 5.93. The smallest absolute Gasteiger partial charge is 0.268 e. The van der Waals surface area contributed by atoms with Gasteiger partial charge in [-0.1, -0.05) is 23.7 Å². The molecule has 5 nitrogen and oxygen atoms in total. The summed E-state index contributed by atoms with van der Waals surface area (Å²) < 4.78 is 2.40. The van der Waals surface area contributed by atoms with Crippen molar-refractivity contribution in [1.82, 2.24) is 14.1 Å². The number of nitrogens with zero attached hydrogens (tertiary/aromatic N) is 3. The third-order valence-electron chi connectivity index (χ3n) is 3.11. The van der Waals surface area contributed by atoms with Crippen molar-refractivity contribution in [2.24, 2.45) is 7.05 Å². The zero-order valence-electron chi connectivity index (χ0n) is 10.6. The predicted molar refractivity (Wildman–Crippen MR) is 77.6 cm³/mol. The van der Waals surface area contributed by atoms with Crippen molar-refractivity contribution in [3.8, 4) is 5.69 Å². The third-order valence-corrected chi connectivity index (χ3v) is 3.42. The Bertz CT molecular complexity index is 928. The molecule has 0 aliphatic carbocycles. The molecule has 0 N–H and O–H groups in total. The van der Waals surface area contributed by atoms with Gasteiger partial charge in [0, 0.05) is 13.2 Å². The van der Waals surface area contributed by atoms with E-state index in [-0.39, 0.29) is 5.56 Å². The number of halogens is 1. The van der Waals surface area contributed by atoms with Crippen molar-refractivity contribution >= 4 is 22.6 Å². The first-order valence-corrected chi connectivity index (χ1v) is 6.30. The normalized spacial score (nSPS) is 10.9. The SMILES string of the molecule is Cn1c(=O)c2cccnc2n(-c2ccccc2Cl)c1=O. The van der Waals surface area contributed by atoms with Crippen LogP contribution in [0.4, 0.5) is 0 Å². The van der Waals surface area contributed by atoms with Crippen molar-refractivity contribution < 1.29 is 0 Å². The molecule has 6 heteroatoms. The third kappa shape index (κ3) is 1.75. The molecule has 0 radical (unpaired) electrons. The minimum Gasteiger partial charge on any atom is -0.268 e. The molecule has 0 atom stereocenters. The Balaban J connectivity index is 2.58. The van der Waals surface area contributed by atoms with E-state index in [4.69, 9.17) is 11.6 Å². The van der Waals surface area contributed by atoms with E-state index < -0.39 is 5.69 Å². The number of benzene rings is 1. The van der Waals surface area contributed by atoms with Crippen molar-refractivity contribution in [3.05, 3.63) is 68.5 Å². The highest BCUT2D eigenvalue weighted by Crippen LogP contribution is 2.20. The van der Waals surface area contributed by atoms with E-state index >= 15 is 0 Å². The summed E-state index contributed by atoms with van der Waals surface area (Å²) >= 11 is 6.15. The van der Waals surface area contributed by atoms with Crippen LogP contribution in [0.25, 0.3) is 16.7 Å². The zero-order valence-corrected chi connectivity index (χ0v) is 11.3. The van der Waals surface area contributed by atoms with Gasteiger partial charge in [0.2, 0.25) is 0 Å². The molecule has 0 aliphatic heterocycles. The molecule has 0 amide bonds. The molecule has 0 saturated heterocycles. The molecule has 0 bridgehead atoms. The summed E-state index contributed by atoms with van der Waals surface area (Å²) in [6.45, 7) is 0. The number of rotatable bonds is 1. The lowest BCUT2D eigenvalue weighted by Gasteiger charge is -2.12. The highest BCUT2D eigenvalue weighted by Gasteiger charge is 2.14. The van der Waals surface area contributed by atoms with Gasteiger partial charge in [-0.05, 0) is 24.3 Å². The minimum atomic E-state index is -0.477. The van der Waals surface area contributed by atoms with Gasteiger partial charge < -0.3 is 0 Å². The second-order valence-electron chi connectivity index (χ2n) is 4.31. The van der Waals surface area contributed by atoms with Gasteiger partial charge in [-0.25, -0.2) is 14.3 Å². The van der Waals surface area contributed by atoms with Gasteiger partial charge in [0.05, 0.1) is 16.1 Å². The lowest BCUT2D eigenvalue weighted by Crippen LogP contribution is -2.37. The summed E-state index contributed by atoms with van der Waals surface area (Å²) in [6, 6.07) is 10.2. The van der Waals surface area contributed by atoms with Crippen LogP contribution in [0.2, 0.25) is 5.02 Å². The Hall–Kier alpha value is -2.40. The second kappa shape index (κ2) is 4.61. The summed E-state index contributed by atoms with van der Waals surface area (Å²) in [6.07, 6.45) is 1.54. The standard InChI is InChI=1S/C14H10ClN3O2/c1-17-13(19)9-5-4-8-16-12(9)18(14(17)20)11-7-3-2-6-10(11)15/h2-8H,1H3. The van der Waals surface area contributed by atoms with Crippen LogP contribution < -0.4 is 11.2 Å². The van der Waals surface area contributed by atoms with E-state index in [1.807, 2.05) is 0 Å². The molecular formula is C14H10ClN3O2. The van der Waals surface area contributed by atoms with Crippen LogP contribution >= 0.6 is 11.6 Å². The first-order chi connectivity index (χ1) is 9.61. The van der Waals surface area contributed by atoms with E-state index in [0.29, 0.717) is 21.7 Å². The van der Waals surface area contributed by atoms with Crippen molar-refractivity contribution in [2.75, 3.05) is 0 Å². The fourth-order valence-corrected chi connectivity index (χ4v) is 2.32. The van der Waals surface area contributed by atoms with Gasteiger partial charge in [0.1, 0.15) is 0 Å².